The Hall–Kier alpha value is -3.31. The maximum atomic E-state index is 18.2. The van der Waals surface area contributed by atoms with Gasteiger partial charge in [-0.15, -0.1) is 10.1 Å². The number of fused-ring (bicyclic) bond motifs is 3. The highest BCUT2D eigenvalue weighted by atomic mass is 19.1. The van der Waals surface area contributed by atoms with Gasteiger partial charge in [-0.2, -0.15) is 0 Å². The average Bonchev–Trinajstić information content (AvgIpc) is 3.29. The topological polar surface area (TPSA) is 210 Å². The van der Waals surface area contributed by atoms with Gasteiger partial charge in [-0.1, -0.05) is 6.42 Å². The molecular weight excluding hydrogens is 651 g/mol. The van der Waals surface area contributed by atoms with Crippen molar-refractivity contribution in [3.8, 4) is 0 Å². The number of aldehydes is 1. The molecule has 3 saturated carbocycles. The fraction of sp³-hybridized carbons (Fsp3) is 0.758. The van der Waals surface area contributed by atoms with Crippen LogP contribution in [-0.4, -0.2) is 107 Å². The van der Waals surface area contributed by atoms with Gasteiger partial charge < -0.3 is 44.1 Å². The third-order valence-electron chi connectivity index (χ3n) is 11.6. The van der Waals surface area contributed by atoms with E-state index in [-0.39, 0.29) is 38.1 Å². The van der Waals surface area contributed by atoms with Crippen LogP contribution in [0.1, 0.15) is 71.6 Å². The highest BCUT2D eigenvalue weighted by molar-refractivity contribution is 6.01. The lowest BCUT2D eigenvalue weighted by molar-refractivity contribution is -0.757. The van der Waals surface area contributed by atoms with Gasteiger partial charge in [-0.3, -0.25) is 14.4 Å². The second-order valence-corrected chi connectivity index (χ2v) is 14.2. The zero-order chi connectivity index (χ0) is 36.0. The number of ketones is 1. The normalized spacial score (nSPS) is 38.2. The van der Waals surface area contributed by atoms with E-state index < -0.39 is 94.1 Å². The number of nitrogens with zero attached hydrogens (tertiary/aromatic N) is 1. The van der Waals surface area contributed by atoms with Crippen molar-refractivity contribution < 1.29 is 62.7 Å². The van der Waals surface area contributed by atoms with Crippen molar-refractivity contribution in [1.29, 1.82) is 0 Å². The van der Waals surface area contributed by atoms with E-state index in [2.05, 4.69) is 10.2 Å². The molecule has 4 aliphatic carbocycles. The number of amides is 1. The first-order chi connectivity index (χ1) is 23.1. The van der Waals surface area contributed by atoms with Crippen molar-refractivity contribution >= 4 is 23.9 Å². The monoisotopic (exact) mass is 696 g/mol. The van der Waals surface area contributed by atoms with E-state index in [1.165, 1.54) is 46.3 Å². The Morgan fingerprint density at radius 1 is 1.22 bits per heavy atom. The Balaban J connectivity index is 1.59. The molecule has 0 radical (unpaired) electrons. The summed E-state index contributed by atoms with van der Waals surface area (Å²) in [4.78, 5) is 66.2. The number of unbranched alkanes of at least 4 members (excludes halogenated alkanes) is 2. The first-order valence-corrected chi connectivity index (χ1v) is 16.6. The minimum absolute atomic E-state index is 0.0231. The number of hydrogen-bond acceptors (Lipinski definition) is 12. The van der Waals surface area contributed by atoms with Crippen molar-refractivity contribution in [1.82, 2.24) is 5.32 Å². The number of alkyl halides is 1. The average molecular weight is 697 g/mol. The van der Waals surface area contributed by atoms with Crippen molar-refractivity contribution in [2.24, 2.45) is 17.3 Å². The summed E-state index contributed by atoms with van der Waals surface area (Å²) in [5.74, 6) is -5.89. The molecule has 6 aliphatic rings. The van der Waals surface area contributed by atoms with Crippen LogP contribution in [0.2, 0.25) is 0 Å². The van der Waals surface area contributed by atoms with Gasteiger partial charge in [0.05, 0.1) is 18.8 Å². The van der Waals surface area contributed by atoms with Gasteiger partial charge in [-0.25, -0.2) is 4.39 Å². The number of carboxylic acids is 1. The van der Waals surface area contributed by atoms with Crippen LogP contribution in [0.15, 0.2) is 23.8 Å². The maximum Gasteiger partial charge on any atom is 0.315 e. The molecule has 49 heavy (non-hydrogen) atoms. The van der Waals surface area contributed by atoms with E-state index in [1.807, 2.05) is 0 Å². The van der Waals surface area contributed by atoms with Crippen molar-refractivity contribution in [2.45, 2.75) is 112 Å². The number of carboxylic acid groups (broad SMARTS) is 1. The summed E-state index contributed by atoms with van der Waals surface area (Å²) in [7, 11) is 2.59. The Kier molecular flexibility index (Phi) is 9.88. The van der Waals surface area contributed by atoms with Crippen LogP contribution in [-0.2, 0) is 43.0 Å². The van der Waals surface area contributed by atoms with Crippen molar-refractivity contribution in [2.75, 3.05) is 27.4 Å². The fourth-order valence-corrected chi connectivity index (χ4v) is 9.97. The molecule has 0 aromatic carbocycles. The SMILES string of the molecule is CO[C@@H]1C[C@H]2[C@@H]3CCC4=CC(=O)C=C[C@]45OC(C)(C)O[C@]2(C[C@H](O)[C@]35F)[C@]1(OC)C(CC=O)(CNC(=O)CCCCCO[N+](=O)[O-])C(=O)O. The summed E-state index contributed by atoms with van der Waals surface area (Å²) in [6.07, 6.45) is 1.69. The Morgan fingerprint density at radius 2 is 1.96 bits per heavy atom. The van der Waals surface area contributed by atoms with Gasteiger partial charge in [-0.05, 0) is 75.7 Å². The number of nitrogens with one attached hydrogen (secondary N) is 1. The number of ether oxygens (including phenoxy) is 4. The van der Waals surface area contributed by atoms with E-state index >= 15 is 4.39 Å². The zero-order valence-corrected chi connectivity index (χ0v) is 28.1. The summed E-state index contributed by atoms with van der Waals surface area (Å²) in [6.45, 7) is 2.34. The van der Waals surface area contributed by atoms with Gasteiger partial charge in [0.2, 0.25) is 5.91 Å². The molecule has 9 atom stereocenters. The van der Waals surface area contributed by atoms with Gasteiger partial charge in [0.25, 0.3) is 5.09 Å². The fourth-order valence-electron chi connectivity index (χ4n) is 9.97. The van der Waals surface area contributed by atoms with Gasteiger partial charge >= 0.3 is 5.97 Å². The molecular formula is C33H45FN2O13. The number of aliphatic carboxylic acids is 1. The first-order valence-electron chi connectivity index (χ1n) is 16.6. The van der Waals surface area contributed by atoms with Gasteiger partial charge in [0, 0.05) is 45.9 Å². The van der Waals surface area contributed by atoms with Gasteiger partial charge in [0.1, 0.15) is 28.5 Å². The Labute approximate surface area is 282 Å². The molecule has 2 spiro atoms. The summed E-state index contributed by atoms with van der Waals surface area (Å²) in [5, 5.41) is 35.2. The quantitative estimate of drug-likeness (QED) is 0.0971. The second kappa shape index (κ2) is 13.1. The van der Waals surface area contributed by atoms with Crippen LogP contribution in [0, 0.1) is 27.4 Å². The number of halogens is 1. The minimum Gasteiger partial charge on any atom is -0.481 e. The molecule has 15 nitrogen and oxygen atoms in total. The molecule has 2 heterocycles. The predicted molar refractivity (Wildman–Crippen MR) is 165 cm³/mol. The summed E-state index contributed by atoms with van der Waals surface area (Å²) >= 11 is 0. The van der Waals surface area contributed by atoms with Crippen LogP contribution in [0.5, 0.6) is 0 Å². The number of rotatable bonds is 15. The first kappa shape index (κ1) is 37.0. The van der Waals surface area contributed by atoms with Crippen LogP contribution in [0.25, 0.3) is 0 Å². The smallest absolute Gasteiger partial charge is 0.315 e. The molecule has 0 aromatic heterocycles. The highest BCUT2D eigenvalue weighted by Crippen LogP contribution is 2.72. The lowest BCUT2D eigenvalue weighted by Crippen LogP contribution is -2.82. The standard InChI is InChI=1S/C33H45FN2O13/c1-28(2)48-30-12-11-21(38)16-20(30)9-10-22-23-17-25(45-3)33(46-4,31(23,49-28)18-24(39)32(22,30)34)29(13-14-37,27(41)42)19-35-26(40)8-6-5-7-15-47-36(43)44/h11-12,14,16,22-25,39H,5-10,13,15,17-19H2,1-4H3,(H,35,40)(H,41,42)/t22-,23-,24-,25+,29?,30-,31-,32+,33+/m0/s1. The number of aliphatic hydroxyl groups excluding tert-OH is 1. The van der Waals surface area contributed by atoms with Crippen molar-refractivity contribution in [3.05, 3.63) is 33.9 Å². The summed E-state index contributed by atoms with van der Waals surface area (Å²) in [6, 6.07) is 0. The number of carbonyl (C=O) groups is 4. The second-order valence-electron chi connectivity index (χ2n) is 14.2. The van der Waals surface area contributed by atoms with E-state index in [1.54, 1.807) is 0 Å². The minimum atomic E-state index is -2.47. The van der Waals surface area contributed by atoms with Crippen LogP contribution in [0.4, 0.5) is 4.39 Å². The van der Waals surface area contributed by atoms with E-state index in [4.69, 9.17) is 18.9 Å². The van der Waals surface area contributed by atoms with E-state index in [9.17, 15) is 39.5 Å². The molecule has 6 rings (SSSR count). The summed E-state index contributed by atoms with van der Waals surface area (Å²) < 4.78 is 43.9. The molecule has 5 fully saturated rings. The number of aliphatic hydroxyl groups is 1. The molecule has 1 unspecified atom stereocenters. The number of hydrogen-bond donors (Lipinski definition) is 3. The number of carbonyl (C=O) groups excluding carboxylic acids is 3. The molecule has 2 saturated heterocycles. The molecule has 272 valence electrons. The molecule has 0 aromatic rings. The van der Waals surface area contributed by atoms with Crippen molar-refractivity contribution in [3.63, 3.8) is 0 Å². The predicted octanol–water partition coefficient (Wildman–Crippen LogP) is 2.16. The molecule has 1 amide bonds. The lowest BCUT2D eigenvalue weighted by atomic mass is 9.47. The van der Waals surface area contributed by atoms with E-state index in [0.717, 1.165) is 0 Å². The van der Waals surface area contributed by atoms with Crippen LogP contribution >= 0.6 is 0 Å². The molecule has 16 heteroatoms. The highest BCUT2D eigenvalue weighted by Gasteiger charge is 2.85. The Bertz CT molecular complexity index is 1440. The number of allylic oxidation sites excluding steroid dienone is 2. The largest absolute Gasteiger partial charge is 0.481 e. The molecule has 3 N–H and O–H groups in total. The number of methoxy groups -OCH3 is 2. The maximum absolute atomic E-state index is 18.2. The third kappa shape index (κ3) is 5.32. The van der Waals surface area contributed by atoms with E-state index in [0.29, 0.717) is 31.1 Å². The van der Waals surface area contributed by atoms with Crippen LogP contribution in [0.3, 0.4) is 0 Å². The Morgan fingerprint density at radius 3 is 2.59 bits per heavy atom. The molecule has 4 bridgehead atoms. The lowest BCUT2D eigenvalue weighted by Gasteiger charge is -2.69. The third-order valence-corrected chi connectivity index (χ3v) is 11.6. The molecule has 2 aliphatic heterocycles. The van der Waals surface area contributed by atoms with Gasteiger partial charge in [0.15, 0.2) is 17.2 Å². The van der Waals surface area contributed by atoms with Crippen LogP contribution < -0.4 is 5.32 Å². The zero-order valence-electron chi connectivity index (χ0n) is 28.1. The summed E-state index contributed by atoms with van der Waals surface area (Å²) in [5.41, 5.74) is -10.1.